The van der Waals surface area contributed by atoms with Crippen LogP contribution in [-0.2, 0) is 22.5 Å². The number of hydrogen-bond donors (Lipinski definition) is 1. The van der Waals surface area contributed by atoms with E-state index in [0.29, 0.717) is 23.6 Å². The van der Waals surface area contributed by atoms with Crippen molar-refractivity contribution in [3.63, 3.8) is 0 Å². The minimum Gasteiger partial charge on any atom is -0.493 e. The molecule has 0 aliphatic carbocycles. The zero-order valence-corrected chi connectivity index (χ0v) is 20.0. The van der Waals surface area contributed by atoms with Crippen LogP contribution in [0, 0.1) is 0 Å². The van der Waals surface area contributed by atoms with Crippen molar-refractivity contribution in [3.05, 3.63) is 88.5 Å². The van der Waals surface area contributed by atoms with Crippen LogP contribution in [0.4, 0.5) is 11.4 Å². The first-order valence-electron chi connectivity index (χ1n) is 11.5. The number of rotatable bonds is 6. The van der Waals surface area contributed by atoms with Gasteiger partial charge in [-0.25, -0.2) is 4.79 Å². The Bertz CT molecular complexity index is 1330. The SMILES string of the molecule is COC(=O)c1ccc2c(c1)NC(=O)C2C(=Nc1ccc(CN(C)C)cc1)c1ccc2c(c1)CCO2. The van der Waals surface area contributed by atoms with Crippen LogP contribution in [0.3, 0.4) is 0 Å². The minimum atomic E-state index is -0.612. The quantitative estimate of drug-likeness (QED) is 0.430. The zero-order valence-electron chi connectivity index (χ0n) is 20.0. The van der Waals surface area contributed by atoms with Crippen molar-refractivity contribution < 1.29 is 19.1 Å². The lowest BCUT2D eigenvalue weighted by molar-refractivity contribution is -0.115. The summed E-state index contributed by atoms with van der Waals surface area (Å²) < 4.78 is 10.5. The van der Waals surface area contributed by atoms with Gasteiger partial charge in [0.15, 0.2) is 0 Å². The zero-order chi connectivity index (χ0) is 24.5. The first kappa shape index (κ1) is 22.8. The molecule has 0 saturated heterocycles. The van der Waals surface area contributed by atoms with Crippen LogP contribution in [0.15, 0.2) is 65.7 Å². The molecule has 1 amide bonds. The molecule has 2 aliphatic rings. The molecule has 0 fully saturated rings. The van der Waals surface area contributed by atoms with Crippen molar-refractivity contribution in [3.8, 4) is 5.75 Å². The number of aliphatic imine (C=N–C) groups is 1. The molecule has 5 rings (SSSR count). The van der Waals surface area contributed by atoms with E-state index in [4.69, 9.17) is 14.5 Å². The lowest BCUT2D eigenvalue weighted by atomic mass is 9.89. The lowest BCUT2D eigenvalue weighted by Crippen LogP contribution is -2.22. The maximum Gasteiger partial charge on any atom is 0.337 e. The second-order valence-electron chi connectivity index (χ2n) is 9.04. The second kappa shape index (κ2) is 9.35. The average Bonchev–Trinajstić information content (AvgIpc) is 3.45. The van der Waals surface area contributed by atoms with Crippen LogP contribution in [0.1, 0.15) is 38.5 Å². The lowest BCUT2D eigenvalue weighted by Gasteiger charge is -2.15. The topological polar surface area (TPSA) is 80.2 Å². The van der Waals surface area contributed by atoms with E-state index in [9.17, 15) is 9.59 Å². The van der Waals surface area contributed by atoms with E-state index in [1.807, 2.05) is 38.4 Å². The van der Waals surface area contributed by atoms with Gasteiger partial charge < -0.3 is 19.7 Å². The van der Waals surface area contributed by atoms with Crippen molar-refractivity contribution in [1.82, 2.24) is 4.90 Å². The van der Waals surface area contributed by atoms with Gasteiger partial charge >= 0.3 is 5.97 Å². The predicted molar refractivity (Wildman–Crippen MR) is 135 cm³/mol. The van der Waals surface area contributed by atoms with Gasteiger partial charge in [0.2, 0.25) is 5.91 Å². The Balaban J connectivity index is 1.59. The molecule has 7 nitrogen and oxygen atoms in total. The number of fused-ring (bicyclic) bond motifs is 2. The maximum atomic E-state index is 13.3. The smallest absolute Gasteiger partial charge is 0.337 e. The van der Waals surface area contributed by atoms with E-state index >= 15 is 0 Å². The number of esters is 1. The third kappa shape index (κ3) is 4.55. The Kier molecular flexibility index (Phi) is 6.09. The van der Waals surface area contributed by atoms with Crippen LogP contribution in [-0.4, -0.2) is 50.3 Å². The van der Waals surface area contributed by atoms with Gasteiger partial charge in [-0.3, -0.25) is 9.79 Å². The highest BCUT2D eigenvalue weighted by atomic mass is 16.5. The van der Waals surface area contributed by atoms with E-state index in [1.165, 1.54) is 12.7 Å². The third-order valence-corrected chi connectivity index (χ3v) is 6.25. The van der Waals surface area contributed by atoms with Crippen molar-refractivity contribution >= 4 is 29.0 Å². The van der Waals surface area contributed by atoms with Crippen LogP contribution in [0.25, 0.3) is 0 Å². The summed E-state index contributed by atoms with van der Waals surface area (Å²) in [5, 5.41) is 2.93. The number of nitrogens with one attached hydrogen (secondary N) is 1. The molecular formula is C28H27N3O4. The summed E-state index contributed by atoms with van der Waals surface area (Å²) in [6.07, 6.45) is 0.825. The fourth-order valence-electron chi connectivity index (χ4n) is 4.60. The van der Waals surface area contributed by atoms with Crippen molar-refractivity contribution in [2.24, 2.45) is 4.99 Å². The van der Waals surface area contributed by atoms with Gasteiger partial charge in [0.05, 0.1) is 30.7 Å². The molecule has 35 heavy (non-hydrogen) atoms. The summed E-state index contributed by atoms with van der Waals surface area (Å²) >= 11 is 0. The maximum absolute atomic E-state index is 13.3. The third-order valence-electron chi connectivity index (χ3n) is 6.25. The fourth-order valence-corrected chi connectivity index (χ4v) is 4.60. The Morgan fingerprint density at radius 2 is 1.86 bits per heavy atom. The highest BCUT2D eigenvalue weighted by molar-refractivity contribution is 6.24. The van der Waals surface area contributed by atoms with Gasteiger partial charge in [-0.15, -0.1) is 0 Å². The van der Waals surface area contributed by atoms with Crippen LogP contribution < -0.4 is 10.1 Å². The highest BCUT2D eigenvalue weighted by Gasteiger charge is 2.36. The molecule has 7 heteroatoms. The van der Waals surface area contributed by atoms with Gasteiger partial charge in [-0.1, -0.05) is 18.2 Å². The predicted octanol–water partition coefficient (Wildman–Crippen LogP) is 4.33. The molecule has 1 atom stereocenters. The summed E-state index contributed by atoms with van der Waals surface area (Å²) in [7, 11) is 5.40. The number of carbonyl (C=O) groups is 2. The van der Waals surface area contributed by atoms with Gasteiger partial charge in [0.25, 0.3) is 0 Å². The number of amides is 1. The van der Waals surface area contributed by atoms with E-state index in [0.717, 1.165) is 41.1 Å². The van der Waals surface area contributed by atoms with Gasteiger partial charge in [0.1, 0.15) is 11.7 Å². The van der Waals surface area contributed by atoms with E-state index in [1.54, 1.807) is 18.2 Å². The molecular weight excluding hydrogens is 442 g/mol. The van der Waals surface area contributed by atoms with Gasteiger partial charge in [-0.05, 0) is 78.8 Å². The number of benzene rings is 3. The normalized spacial score (nSPS) is 16.5. The summed E-state index contributed by atoms with van der Waals surface area (Å²) in [5.41, 5.74) is 6.35. The first-order valence-corrected chi connectivity index (χ1v) is 11.5. The number of carbonyl (C=O) groups excluding carboxylic acids is 2. The Hall–Kier alpha value is -3.97. The largest absolute Gasteiger partial charge is 0.493 e. The monoisotopic (exact) mass is 469 g/mol. The van der Waals surface area contributed by atoms with Gasteiger partial charge in [0, 0.05) is 18.7 Å². The molecule has 0 aromatic heterocycles. The summed E-state index contributed by atoms with van der Waals surface area (Å²) in [4.78, 5) is 32.4. The molecule has 0 bridgehead atoms. The molecule has 0 radical (unpaired) electrons. The van der Waals surface area contributed by atoms with Crippen LogP contribution in [0.5, 0.6) is 5.75 Å². The van der Waals surface area contributed by atoms with Crippen LogP contribution in [0.2, 0.25) is 0 Å². The highest BCUT2D eigenvalue weighted by Crippen LogP contribution is 2.38. The van der Waals surface area contributed by atoms with Crippen molar-refractivity contribution in [1.29, 1.82) is 0 Å². The second-order valence-corrected chi connectivity index (χ2v) is 9.04. The summed E-state index contributed by atoms with van der Waals surface area (Å²) in [6.45, 7) is 1.49. The van der Waals surface area contributed by atoms with E-state index in [2.05, 4.69) is 28.4 Å². The fraction of sp³-hybridized carbons (Fsp3) is 0.250. The van der Waals surface area contributed by atoms with Crippen molar-refractivity contribution in [2.45, 2.75) is 18.9 Å². The summed E-state index contributed by atoms with van der Waals surface area (Å²) in [6, 6.07) is 19.2. The molecule has 2 heterocycles. The molecule has 3 aromatic carbocycles. The molecule has 0 spiro atoms. The summed E-state index contributed by atoms with van der Waals surface area (Å²) in [5.74, 6) is -0.365. The minimum absolute atomic E-state index is 0.179. The van der Waals surface area contributed by atoms with Crippen LogP contribution >= 0.6 is 0 Å². The molecule has 1 N–H and O–H groups in total. The number of nitrogens with zero attached hydrogens (tertiary/aromatic N) is 2. The number of anilines is 1. The number of methoxy groups -OCH3 is 1. The first-order chi connectivity index (χ1) is 16.9. The standard InChI is InChI=1S/C28H27N3O4/c1-31(2)16-17-4-8-21(9-5-17)29-26(19-7-11-24-18(14-19)12-13-35-24)25-22-10-6-20(28(33)34-3)15-23(22)30-27(25)32/h4-11,14-15,25H,12-13,16H2,1-3H3,(H,30,32). The van der Waals surface area contributed by atoms with Crippen molar-refractivity contribution in [2.75, 3.05) is 33.1 Å². The van der Waals surface area contributed by atoms with E-state index in [-0.39, 0.29) is 5.91 Å². The van der Waals surface area contributed by atoms with Gasteiger partial charge in [-0.2, -0.15) is 0 Å². The number of ether oxygens (including phenoxy) is 2. The molecule has 3 aromatic rings. The Labute approximate surface area is 204 Å². The molecule has 0 saturated carbocycles. The Morgan fingerprint density at radius 3 is 2.60 bits per heavy atom. The van der Waals surface area contributed by atoms with E-state index < -0.39 is 11.9 Å². The Morgan fingerprint density at radius 1 is 1.09 bits per heavy atom. The average molecular weight is 470 g/mol. The number of hydrogen-bond acceptors (Lipinski definition) is 6. The molecule has 2 aliphatic heterocycles. The molecule has 178 valence electrons. The molecule has 1 unspecified atom stereocenters.